The van der Waals surface area contributed by atoms with Crippen LogP contribution in [0.25, 0.3) is 17.0 Å². The summed E-state index contributed by atoms with van der Waals surface area (Å²) in [5.74, 6) is -0.523. The van der Waals surface area contributed by atoms with Gasteiger partial charge in [-0.1, -0.05) is 37.3 Å². The van der Waals surface area contributed by atoms with Crippen LogP contribution in [-0.2, 0) is 30.6 Å². The number of carbonyl (C=O) groups excluding carboxylic acids is 1. The predicted molar refractivity (Wildman–Crippen MR) is 144 cm³/mol. The summed E-state index contributed by atoms with van der Waals surface area (Å²) in [4.78, 5) is 20.9. The van der Waals surface area contributed by atoms with Gasteiger partial charge in [-0.15, -0.1) is 0 Å². The zero-order chi connectivity index (χ0) is 25.1. The lowest BCUT2D eigenvalue weighted by atomic mass is 10.0. The highest BCUT2D eigenvalue weighted by Crippen LogP contribution is 2.37. The van der Waals surface area contributed by atoms with Crippen LogP contribution in [0.3, 0.4) is 0 Å². The lowest BCUT2D eigenvalue weighted by molar-refractivity contribution is -0.124. The quantitative estimate of drug-likeness (QED) is 0.142. The monoisotopic (exact) mass is 482 g/mol. The van der Waals surface area contributed by atoms with Gasteiger partial charge in [-0.25, -0.2) is 5.48 Å². The lowest BCUT2D eigenvalue weighted by Crippen LogP contribution is -2.29. The zero-order valence-electron chi connectivity index (χ0n) is 21.0. The second-order valence-corrected chi connectivity index (χ2v) is 9.79. The first-order chi connectivity index (χ1) is 17.5. The first-order valence-electron chi connectivity index (χ1n) is 12.8. The van der Waals surface area contributed by atoms with Crippen LogP contribution in [0.4, 0.5) is 0 Å². The molecule has 36 heavy (non-hydrogen) atoms. The third-order valence-electron chi connectivity index (χ3n) is 7.35. The van der Waals surface area contributed by atoms with Gasteiger partial charge in [0.05, 0.1) is 0 Å². The fourth-order valence-electron chi connectivity index (χ4n) is 5.45. The third-order valence-corrected chi connectivity index (χ3v) is 7.35. The summed E-state index contributed by atoms with van der Waals surface area (Å²) < 4.78 is 0. The van der Waals surface area contributed by atoms with Gasteiger partial charge >= 0.3 is 0 Å². The van der Waals surface area contributed by atoms with E-state index in [-0.39, 0.29) is 0 Å². The number of fused-ring (bicyclic) bond motifs is 2. The van der Waals surface area contributed by atoms with Gasteiger partial charge in [-0.05, 0) is 84.2 Å². The minimum Gasteiger partial charge on any atom is -0.365 e. The second kappa shape index (κ2) is 10.6. The smallest absolute Gasteiger partial charge is 0.267 e. The van der Waals surface area contributed by atoms with Gasteiger partial charge in [0.1, 0.15) is 0 Å². The van der Waals surface area contributed by atoms with Crippen LogP contribution >= 0.6 is 0 Å². The van der Waals surface area contributed by atoms with Crippen molar-refractivity contribution in [3.63, 3.8) is 0 Å². The molecule has 186 valence electrons. The first-order valence-corrected chi connectivity index (χ1v) is 12.8. The van der Waals surface area contributed by atoms with E-state index in [1.54, 1.807) is 11.6 Å². The molecule has 0 fully saturated rings. The molecule has 0 radical (unpaired) electrons. The number of benzene rings is 2. The molecule has 1 atom stereocenters. The maximum Gasteiger partial charge on any atom is 0.267 e. The summed E-state index contributed by atoms with van der Waals surface area (Å²) in [6, 6.07) is 15.7. The van der Waals surface area contributed by atoms with Crippen LogP contribution in [0, 0.1) is 6.92 Å². The number of amides is 1. The van der Waals surface area contributed by atoms with Crippen molar-refractivity contribution in [3.8, 4) is 0 Å². The molecule has 2 aromatic carbocycles. The van der Waals surface area contributed by atoms with Gasteiger partial charge in [-0.2, -0.15) is 0 Å². The summed E-state index contributed by atoms with van der Waals surface area (Å²) in [6.45, 7) is 6.18. The van der Waals surface area contributed by atoms with Gasteiger partial charge in [0, 0.05) is 54.2 Å². The molecule has 5 rings (SSSR count). The summed E-state index contributed by atoms with van der Waals surface area (Å²) in [7, 11) is 0. The number of aromatic amines is 2. The normalized spacial score (nSPS) is 15.3. The number of carbonyl (C=O) groups is 1. The van der Waals surface area contributed by atoms with E-state index in [1.807, 2.05) is 0 Å². The Balaban J connectivity index is 1.39. The van der Waals surface area contributed by atoms with Crippen molar-refractivity contribution in [2.75, 3.05) is 6.54 Å². The van der Waals surface area contributed by atoms with Crippen molar-refractivity contribution >= 4 is 22.9 Å². The maximum absolute atomic E-state index is 11.4. The van der Waals surface area contributed by atoms with Crippen molar-refractivity contribution in [1.82, 2.24) is 20.3 Å². The average Bonchev–Trinajstić information content (AvgIpc) is 3.62. The van der Waals surface area contributed by atoms with Crippen molar-refractivity contribution < 1.29 is 10.0 Å². The molecule has 4 N–H and O–H groups in total. The van der Waals surface area contributed by atoms with Gasteiger partial charge in [0.15, 0.2) is 0 Å². The van der Waals surface area contributed by atoms with Crippen LogP contribution < -0.4 is 5.48 Å². The average molecular weight is 483 g/mol. The predicted octanol–water partition coefficient (Wildman–Crippen LogP) is 5.62. The molecule has 2 heterocycles. The van der Waals surface area contributed by atoms with Gasteiger partial charge < -0.3 is 9.97 Å². The number of hydrogen-bond acceptors (Lipinski definition) is 3. The van der Waals surface area contributed by atoms with E-state index in [4.69, 9.17) is 5.21 Å². The molecule has 0 saturated carbocycles. The Morgan fingerprint density at radius 3 is 2.86 bits per heavy atom. The molecule has 1 aliphatic carbocycles. The summed E-state index contributed by atoms with van der Waals surface area (Å²) in [6.07, 6.45) is 11.5. The van der Waals surface area contributed by atoms with E-state index in [0.29, 0.717) is 6.04 Å². The van der Waals surface area contributed by atoms with Crippen molar-refractivity contribution in [2.24, 2.45) is 0 Å². The van der Waals surface area contributed by atoms with Crippen molar-refractivity contribution in [1.29, 1.82) is 0 Å². The van der Waals surface area contributed by atoms with Gasteiger partial charge in [0.2, 0.25) is 0 Å². The van der Waals surface area contributed by atoms with Crippen molar-refractivity contribution in [2.45, 2.75) is 52.1 Å². The third kappa shape index (κ3) is 5.15. The van der Waals surface area contributed by atoms with Crippen LogP contribution in [-0.4, -0.2) is 32.5 Å². The van der Waals surface area contributed by atoms with Crippen LogP contribution in [0.2, 0.25) is 0 Å². The van der Waals surface area contributed by atoms with Gasteiger partial charge in [-0.3, -0.25) is 14.9 Å². The van der Waals surface area contributed by atoms with E-state index in [9.17, 15) is 4.79 Å². The number of aromatic nitrogens is 2. The molecule has 0 aliphatic heterocycles. The van der Waals surface area contributed by atoms with Crippen LogP contribution in [0.1, 0.15) is 58.5 Å². The number of rotatable bonds is 9. The topological polar surface area (TPSA) is 84.2 Å². The van der Waals surface area contributed by atoms with E-state index in [1.165, 1.54) is 50.5 Å². The van der Waals surface area contributed by atoms with E-state index in [0.717, 1.165) is 44.3 Å². The molecule has 1 aliphatic rings. The lowest BCUT2D eigenvalue weighted by Gasteiger charge is -2.29. The van der Waals surface area contributed by atoms with E-state index < -0.39 is 5.91 Å². The summed E-state index contributed by atoms with van der Waals surface area (Å²) >= 11 is 0. The first kappa shape index (κ1) is 24.1. The highest BCUT2D eigenvalue weighted by molar-refractivity contribution is 5.90. The molecule has 6 heteroatoms. The fourth-order valence-corrected chi connectivity index (χ4v) is 5.45. The minimum atomic E-state index is -0.523. The molecule has 0 bridgehead atoms. The highest BCUT2D eigenvalue weighted by Gasteiger charge is 2.28. The molecular formula is C30H34N4O2. The number of nitrogens with zero attached hydrogens (tertiary/aromatic N) is 1. The fraction of sp³-hybridized carbons (Fsp3) is 0.300. The van der Waals surface area contributed by atoms with E-state index in [2.05, 4.69) is 83.6 Å². The molecule has 0 saturated heterocycles. The molecule has 6 nitrogen and oxygen atoms in total. The molecule has 4 aromatic rings. The molecular weight excluding hydrogens is 448 g/mol. The van der Waals surface area contributed by atoms with Crippen LogP contribution in [0.15, 0.2) is 60.9 Å². The maximum atomic E-state index is 11.4. The second-order valence-electron chi connectivity index (χ2n) is 9.79. The highest BCUT2D eigenvalue weighted by atomic mass is 16.5. The molecule has 0 spiro atoms. The Kier molecular flexibility index (Phi) is 7.07. The summed E-state index contributed by atoms with van der Waals surface area (Å²) in [5, 5.41) is 10.0. The number of hydroxylamine groups is 1. The van der Waals surface area contributed by atoms with Crippen LogP contribution in [0.5, 0.6) is 0 Å². The Hall–Kier alpha value is -3.61. The Bertz CT molecular complexity index is 1400. The Morgan fingerprint density at radius 2 is 2.06 bits per heavy atom. The Labute approximate surface area is 212 Å². The number of H-pyrrole nitrogens is 2. The largest absolute Gasteiger partial charge is 0.365 e. The van der Waals surface area contributed by atoms with Gasteiger partial charge in [0.25, 0.3) is 5.91 Å². The standard InChI is InChI=1S/C30H34N4O2/c1-3-25-16-22(17-31-25)19-34(13-12-24-18-32-28-14-20(2)4-8-26(24)28)29-10-7-23-15-21(5-9-27(23)29)6-11-30(35)33-36/h4-6,8-9,11,14-18,29,31-32,36H,3,7,10,12-13,19H2,1-2H3,(H,33,35)/b11-6+. The summed E-state index contributed by atoms with van der Waals surface area (Å²) in [5.41, 5.74) is 11.7. The molecule has 1 unspecified atom stereocenters. The number of aryl methyl sites for hydroxylation is 3. The van der Waals surface area contributed by atoms with Crippen molar-refractivity contribution in [3.05, 3.63) is 100 Å². The number of nitrogens with one attached hydrogen (secondary N) is 3. The SMILES string of the molecule is CCc1cc(CN(CCc2c[nH]c3cc(C)ccc23)C2CCc3cc(/C=C/C(=O)NO)ccc32)c[nH]1. The number of hydrogen-bond donors (Lipinski definition) is 4. The minimum absolute atomic E-state index is 0.353. The Morgan fingerprint density at radius 1 is 1.17 bits per heavy atom. The zero-order valence-corrected chi connectivity index (χ0v) is 21.0. The molecule has 1 amide bonds. The molecule has 2 aromatic heterocycles. The van der Waals surface area contributed by atoms with E-state index >= 15 is 0 Å².